The molecule has 0 bridgehead atoms. The van der Waals surface area contributed by atoms with Crippen molar-refractivity contribution in [3.63, 3.8) is 0 Å². The van der Waals surface area contributed by atoms with E-state index in [1.54, 1.807) is 0 Å². The van der Waals surface area contributed by atoms with E-state index in [4.69, 9.17) is 0 Å². The molecule has 0 aromatic carbocycles. The van der Waals surface area contributed by atoms with Gasteiger partial charge in [-0.25, -0.2) is 0 Å². The summed E-state index contributed by atoms with van der Waals surface area (Å²) in [6.07, 6.45) is 12.2. The average Bonchev–Trinajstić information content (AvgIpc) is 3.12. The van der Waals surface area contributed by atoms with Gasteiger partial charge in [-0.05, 0) is 128 Å². The molecule has 2 N–H and O–H groups in total. The minimum Gasteiger partial charge on any atom is -0.396 e. The minimum absolute atomic E-state index is 0.0290. The summed E-state index contributed by atoms with van der Waals surface area (Å²) in [5.41, 5.74) is 2.60. The van der Waals surface area contributed by atoms with Crippen molar-refractivity contribution in [1.82, 2.24) is 0 Å². The predicted octanol–water partition coefficient (Wildman–Crippen LogP) is 7.00. The summed E-state index contributed by atoms with van der Waals surface area (Å²) in [6, 6.07) is 0. The number of aliphatic hydroxyl groups excluding tert-OH is 2. The first-order valence-corrected chi connectivity index (χ1v) is 13.8. The zero-order valence-corrected chi connectivity index (χ0v) is 21.8. The highest BCUT2D eigenvalue weighted by atomic mass is 16.3. The van der Waals surface area contributed by atoms with E-state index in [-0.39, 0.29) is 16.9 Å². The van der Waals surface area contributed by atoms with Crippen LogP contribution in [0.5, 0.6) is 0 Å². The normalized spacial score (nSPS) is 56.5. The van der Waals surface area contributed by atoms with Gasteiger partial charge in [0.2, 0.25) is 0 Å². The molecule has 0 unspecified atom stereocenters. The van der Waals surface area contributed by atoms with E-state index in [0.29, 0.717) is 40.6 Å². The lowest BCUT2D eigenvalue weighted by atomic mass is 9.32. The second-order valence-electron chi connectivity index (χ2n) is 14.6. The standard InChI is InChI=1S/C30H50O2/c1-19(2)20-10-15-30(18-31)17-16-28(6)21(25(20)30)8-9-23-27(5)13-12-24(32)26(3,4)22(27)11-14-29(23,28)7/h20-25,31-32H,1,8-18H2,2-7H3/t20-,21+,22+,23-,24+,25+,27-,28+,29+,30+/m1/s1. The molecule has 2 nitrogen and oxygen atoms in total. The lowest BCUT2D eigenvalue weighted by Gasteiger charge is -2.73. The third-order valence-electron chi connectivity index (χ3n) is 13.5. The van der Waals surface area contributed by atoms with Crippen molar-refractivity contribution in [3.05, 3.63) is 12.2 Å². The van der Waals surface area contributed by atoms with Crippen LogP contribution in [0.4, 0.5) is 0 Å². The topological polar surface area (TPSA) is 40.5 Å². The maximum Gasteiger partial charge on any atom is 0.0594 e. The second kappa shape index (κ2) is 7.09. The van der Waals surface area contributed by atoms with Crippen LogP contribution in [0.2, 0.25) is 0 Å². The number of fused-ring (bicyclic) bond motifs is 7. The van der Waals surface area contributed by atoms with Gasteiger partial charge in [-0.2, -0.15) is 0 Å². The first-order chi connectivity index (χ1) is 14.9. The van der Waals surface area contributed by atoms with Crippen LogP contribution in [-0.4, -0.2) is 22.9 Å². The van der Waals surface area contributed by atoms with Crippen LogP contribution in [0, 0.1) is 56.7 Å². The van der Waals surface area contributed by atoms with E-state index in [1.165, 1.54) is 63.4 Å². The molecule has 0 amide bonds. The van der Waals surface area contributed by atoms with Crippen LogP contribution < -0.4 is 0 Å². The molecule has 2 heteroatoms. The molecule has 182 valence electrons. The van der Waals surface area contributed by atoms with Gasteiger partial charge in [-0.3, -0.25) is 0 Å². The van der Waals surface area contributed by atoms with Crippen molar-refractivity contribution in [2.75, 3.05) is 6.61 Å². The summed E-state index contributed by atoms with van der Waals surface area (Å²) in [5, 5.41) is 21.5. The van der Waals surface area contributed by atoms with Crippen molar-refractivity contribution >= 4 is 0 Å². The van der Waals surface area contributed by atoms with Gasteiger partial charge in [0.15, 0.2) is 0 Å². The fraction of sp³-hybridized carbons (Fsp3) is 0.933. The van der Waals surface area contributed by atoms with Gasteiger partial charge in [0.25, 0.3) is 0 Å². The Morgan fingerprint density at radius 2 is 1.53 bits per heavy atom. The maximum absolute atomic E-state index is 10.9. The average molecular weight is 443 g/mol. The monoisotopic (exact) mass is 442 g/mol. The fourth-order valence-electron chi connectivity index (χ4n) is 11.5. The van der Waals surface area contributed by atoms with Crippen LogP contribution in [0.1, 0.15) is 106 Å². The first-order valence-electron chi connectivity index (χ1n) is 13.8. The molecule has 10 atom stereocenters. The SMILES string of the molecule is C=C(C)[C@H]1CC[C@@]2(CO)CC[C@@]3(C)[C@@H](CC[C@@H]4[C@]5(C)CC[C@H](O)C(C)(C)[C@@H]5CC[C@@]43C)[C@H]12. The third-order valence-corrected chi connectivity index (χ3v) is 13.5. The summed E-state index contributed by atoms with van der Waals surface area (Å²) < 4.78 is 0. The number of allylic oxidation sites excluding steroid dienone is 1. The predicted molar refractivity (Wildman–Crippen MR) is 132 cm³/mol. The van der Waals surface area contributed by atoms with Gasteiger partial charge in [-0.1, -0.05) is 46.8 Å². The summed E-state index contributed by atoms with van der Waals surface area (Å²) in [6.45, 7) is 19.7. The van der Waals surface area contributed by atoms with E-state index in [0.717, 1.165) is 18.3 Å². The maximum atomic E-state index is 10.9. The molecular weight excluding hydrogens is 392 g/mol. The van der Waals surface area contributed by atoms with Crippen molar-refractivity contribution in [1.29, 1.82) is 0 Å². The van der Waals surface area contributed by atoms with Gasteiger partial charge in [0.1, 0.15) is 0 Å². The zero-order chi connectivity index (χ0) is 23.3. The Balaban J connectivity index is 1.55. The van der Waals surface area contributed by atoms with E-state index in [9.17, 15) is 10.2 Å². The first kappa shape index (κ1) is 23.4. The van der Waals surface area contributed by atoms with Crippen molar-refractivity contribution in [2.45, 2.75) is 112 Å². The summed E-state index contributed by atoms with van der Waals surface area (Å²) in [7, 11) is 0. The number of rotatable bonds is 2. The molecule has 5 aliphatic rings. The van der Waals surface area contributed by atoms with E-state index < -0.39 is 0 Å². The molecule has 0 heterocycles. The number of aliphatic hydroxyl groups is 2. The third kappa shape index (κ3) is 2.66. The molecule has 0 aromatic heterocycles. The van der Waals surface area contributed by atoms with Crippen LogP contribution in [-0.2, 0) is 0 Å². The molecule has 0 spiro atoms. The Kier molecular flexibility index (Phi) is 5.19. The Labute approximate surface area is 197 Å². The molecule has 5 fully saturated rings. The van der Waals surface area contributed by atoms with E-state index in [1.807, 2.05) is 0 Å². The highest BCUT2D eigenvalue weighted by molar-refractivity contribution is 5.21. The highest BCUT2D eigenvalue weighted by Gasteiger charge is 2.70. The van der Waals surface area contributed by atoms with Gasteiger partial charge >= 0.3 is 0 Å². The smallest absolute Gasteiger partial charge is 0.0594 e. The van der Waals surface area contributed by atoms with Crippen LogP contribution >= 0.6 is 0 Å². The van der Waals surface area contributed by atoms with Crippen LogP contribution in [0.3, 0.4) is 0 Å². The van der Waals surface area contributed by atoms with E-state index >= 15 is 0 Å². The van der Waals surface area contributed by atoms with Gasteiger partial charge in [-0.15, -0.1) is 0 Å². The zero-order valence-electron chi connectivity index (χ0n) is 21.8. The van der Waals surface area contributed by atoms with Crippen LogP contribution in [0.15, 0.2) is 12.2 Å². The number of hydrogen-bond donors (Lipinski definition) is 2. The Morgan fingerprint density at radius 1 is 0.812 bits per heavy atom. The highest BCUT2D eigenvalue weighted by Crippen LogP contribution is 2.77. The lowest BCUT2D eigenvalue weighted by molar-refractivity contribution is -0.249. The van der Waals surface area contributed by atoms with Gasteiger partial charge < -0.3 is 10.2 Å². The van der Waals surface area contributed by atoms with Gasteiger partial charge in [0, 0.05) is 6.61 Å². The molecule has 0 aromatic rings. The Hall–Kier alpha value is -0.340. The quantitative estimate of drug-likeness (QED) is 0.452. The second-order valence-corrected chi connectivity index (χ2v) is 14.6. The number of hydrogen-bond acceptors (Lipinski definition) is 2. The van der Waals surface area contributed by atoms with Crippen LogP contribution in [0.25, 0.3) is 0 Å². The Morgan fingerprint density at radius 3 is 2.19 bits per heavy atom. The largest absolute Gasteiger partial charge is 0.396 e. The summed E-state index contributed by atoms with van der Waals surface area (Å²) in [5.74, 6) is 3.33. The van der Waals surface area contributed by atoms with Crippen molar-refractivity contribution in [2.24, 2.45) is 56.7 Å². The molecule has 32 heavy (non-hydrogen) atoms. The minimum atomic E-state index is -0.147. The molecule has 0 saturated heterocycles. The van der Waals surface area contributed by atoms with E-state index in [2.05, 4.69) is 48.1 Å². The molecule has 0 aliphatic heterocycles. The lowest BCUT2D eigenvalue weighted by Crippen LogP contribution is -2.66. The van der Waals surface area contributed by atoms with Crippen molar-refractivity contribution < 1.29 is 10.2 Å². The molecular formula is C30H50O2. The Bertz CT molecular complexity index is 786. The van der Waals surface area contributed by atoms with Gasteiger partial charge in [0.05, 0.1) is 6.10 Å². The fourth-order valence-corrected chi connectivity index (χ4v) is 11.5. The molecule has 5 rings (SSSR count). The molecule has 5 saturated carbocycles. The molecule has 5 aliphatic carbocycles. The summed E-state index contributed by atoms with van der Waals surface area (Å²) in [4.78, 5) is 0. The summed E-state index contributed by atoms with van der Waals surface area (Å²) >= 11 is 0. The van der Waals surface area contributed by atoms with Crippen molar-refractivity contribution in [3.8, 4) is 0 Å². The molecule has 0 radical (unpaired) electrons.